The molecule has 18 heavy (non-hydrogen) atoms. The smallest absolute Gasteiger partial charge is 0.234 e. The summed E-state index contributed by atoms with van der Waals surface area (Å²) in [6.07, 6.45) is 0.935. The fourth-order valence-electron chi connectivity index (χ4n) is 1.59. The standard InChI is InChI=1S/C14H22N2O2/c1-3-11(2)16-14(18)9-15-8-12-5-4-6-13(7-12)10-17/h4-7,11,15,17H,3,8-10H2,1-2H3,(H,16,18). The molecule has 0 fully saturated rings. The van der Waals surface area contributed by atoms with Crippen molar-refractivity contribution in [2.24, 2.45) is 0 Å². The number of carbonyl (C=O) groups excluding carboxylic acids is 1. The summed E-state index contributed by atoms with van der Waals surface area (Å²) in [7, 11) is 0. The number of hydrogen-bond donors (Lipinski definition) is 3. The predicted molar refractivity (Wildman–Crippen MR) is 72.0 cm³/mol. The highest BCUT2D eigenvalue weighted by Gasteiger charge is 2.04. The number of hydrogen-bond acceptors (Lipinski definition) is 3. The van der Waals surface area contributed by atoms with Gasteiger partial charge >= 0.3 is 0 Å². The number of aliphatic hydroxyl groups is 1. The molecule has 1 atom stereocenters. The zero-order chi connectivity index (χ0) is 13.4. The van der Waals surface area contributed by atoms with Crippen LogP contribution in [-0.4, -0.2) is 23.6 Å². The molecule has 1 aromatic rings. The van der Waals surface area contributed by atoms with Crippen LogP contribution in [0.3, 0.4) is 0 Å². The van der Waals surface area contributed by atoms with Gasteiger partial charge in [-0.3, -0.25) is 4.79 Å². The van der Waals surface area contributed by atoms with Crippen molar-refractivity contribution in [3.8, 4) is 0 Å². The van der Waals surface area contributed by atoms with Gasteiger partial charge in [0.15, 0.2) is 0 Å². The highest BCUT2D eigenvalue weighted by Crippen LogP contribution is 2.04. The zero-order valence-corrected chi connectivity index (χ0v) is 11.1. The lowest BCUT2D eigenvalue weighted by Crippen LogP contribution is -2.38. The third-order valence-electron chi connectivity index (χ3n) is 2.81. The lowest BCUT2D eigenvalue weighted by atomic mass is 10.1. The van der Waals surface area contributed by atoms with Gasteiger partial charge in [0.05, 0.1) is 13.2 Å². The minimum atomic E-state index is 0.0164. The topological polar surface area (TPSA) is 61.4 Å². The molecule has 0 heterocycles. The Morgan fingerprint density at radius 2 is 2.11 bits per heavy atom. The van der Waals surface area contributed by atoms with Crippen molar-refractivity contribution in [2.45, 2.75) is 39.5 Å². The first-order valence-electron chi connectivity index (χ1n) is 6.34. The Morgan fingerprint density at radius 3 is 2.78 bits per heavy atom. The van der Waals surface area contributed by atoms with Gasteiger partial charge in [-0.05, 0) is 24.5 Å². The molecule has 0 aliphatic rings. The van der Waals surface area contributed by atoms with Crippen LogP contribution < -0.4 is 10.6 Å². The van der Waals surface area contributed by atoms with Crippen LogP contribution in [0.1, 0.15) is 31.4 Å². The maximum Gasteiger partial charge on any atom is 0.234 e. The lowest BCUT2D eigenvalue weighted by molar-refractivity contribution is -0.120. The minimum absolute atomic E-state index is 0.0164. The number of carbonyl (C=O) groups is 1. The van der Waals surface area contributed by atoms with Crippen molar-refractivity contribution in [3.63, 3.8) is 0 Å². The van der Waals surface area contributed by atoms with Crippen LogP contribution in [0, 0.1) is 0 Å². The molecule has 1 rings (SSSR count). The average molecular weight is 250 g/mol. The maximum absolute atomic E-state index is 11.5. The summed E-state index contributed by atoms with van der Waals surface area (Å²) in [5.41, 5.74) is 1.95. The van der Waals surface area contributed by atoms with E-state index >= 15 is 0 Å². The van der Waals surface area contributed by atoms with E-state index in [1.165, 1.54) is 0 Å². The van der Waals surface area contributed by atoms with Crippen molar-refractivity contribution in [1.82, 2.24) is 10.6 Å². The van der Waals surface area contributed by atoms with Crippen LogP contribution >= 0.6 is 0 Å². The van der Waals surface area contributed by atoms with Gasteiger partial charge in [-0.15, -0.1) is 0 Å². The van der Waals surface area contributed by atoms with E-state index in [1.54, 1.807) is 0 Å². The van der Waals surface area contributed by atoms with E-state index in [1.807, 2.05) is 38.1 Å². The highest BCUT2D eigenvalue weighted by molar-refractivity contribution is 5.78. The largest absolute Gasteiger partial charge is 0.392 e. The highest BCUT2D eigenvalue weighted by atomic mass is 16.3. The Hall–Kier alpha value is -1.39. The summed E-state index contributed by atoms with van der Waals surface area (Å²) in [5.74, 6) is 0.0164. The van der Waals surface area contributed by atoms with E-state index < -0.39 is 0 Å². The first kappa shape index (κ1) is 14.7. The molecule has 4 heteroatoms. The van der Waals surface area contributed by atoms with Crippen molar-refractivity contribution in [1.29, 1.82) is 0 Å². The molecule has 0 aliphatic carbocycles. The van der Waals surface area contributed by atoms with Gasteiger partial charge in [0.1, 0.15) is 0 Å². The molecular formula is C14H22N2O2. The molecule has 100 valence electrons. The Labute approximate surface area is 108 Å². The fourth-order valence-corrected chi connectivity index (χ4v) is 1.59. The third-order valence-corrected chi connectivity index (χ3v) is 2.81. The number of amides is 1. The molecule has 0 bridgehead atoms. The van der Waals surface area contributed by atoms with E-state index in [0.717, 1.165) is 17.5 Å². The van der Waals surface area contributed by atoms with Crippen LogP contribution in [0.2, 0.25) is 0 Å². The summed E-state index contributed by atoms with van der Waals surface area (Å²) in [6, 6.07) is 7.90. The SMILES string of the molecule is CCC(C)NC(=O)CNCc1cccc(CO)c1. The van der Waals surface area contributed by atoms with Gasteiger partial charge in [-0.2, -0.15) is 0 Å². The summed E-state index contributed by atoms with van der Waals surface area (Å²) < 4.78 is 0. The predicted octanol–water partition coefficient (Wildman–Crippen LogP) is 1.18. The first-order chi connectivity index (χ1) is 8.65. The Kier molecular flexibility index (Phi) is 6.39. The van der Waals surface area contributed by atoms with Crippen molar-refractivity contribution in [2.75, 3.05) is 6.54 Å². The summed E-state index contributed by atoms with van der Waals surface area (Å²) in [4.78, 5) is 11.5. The maximum atomic E-state index is 11.5. The monoisotopic (exact) mass is 250 g/mol. The van der Waals surface area contributed by atoms with Crippen molar-refractivity contribution >= 4 is 5.91 Å². The first-order valence-corrected chi connectivity index (χ1v) is 6.34. The normalized spacial score (nSPS) is 12.2. The molecule has 1 unspecified atom stereocenters. The molecule has 0 spiro atoms. The summed E-state index contributed by atoms with van der Waals surface area (Å²) in [5, 5.41) is 15.0. The quantitative estimate of drug-likeness (QED) is 0.681. The molecule has 0 saturated heterocycles. The van der Waals surface area contributed by atoms with Gasteiger partial charge in [-0.25, -0.2) is 0 Å². The molecule has 0 saturated carbocycles. The number of nitrogens with one attached hydrogen (secondary N) is 2. The van der Waals surface area contributed by atoms with Gasteiger partial charge < -0.3 is 15.7 Å². The second-order valence-corrected chi connectivity index (χ2v) is 4.46. The van der Waals surface area contributed by atoms with E-state index in [9.17, 15) is 4.79 Å². The molecule has 0 aromatic heterocycles. The molecular weight excluding hydrogens is 228 g/mol. The zero-order valence-electron chi connectivity index (χ0n) is 11.1. The fraction of sp³-hybridized carbons (Fsp3) is 0.500. The second-order valence-electron chi connectivity index (χ2n) is 4.46. The van der Waals surface area contributed by atoms with Gasteiger partial charge in [0.2, 0.25) is 5.91 Å². The number of rotatable bonds is 7. The average Bonchev–Trinajstić information content (AvgIpc) is 2.38. The molecule has 0 radical (unpaired) electrons. The lowest BCUT2D eigenvalue weighted by Gasteiger charge is -2.12. The van der Waals surface area contributed by atoms with Gasteiger partial charge in [0, 0.05) is 12.6 Å². The van der Waals surface area contributed by atoms with Crippen LogP contribution in [0.4, 0.5) is 0 Å². The van der Waals surface area contributed by atoms with Crippen LogP contribution in [0.5, 0.6) is 0 Å². The van der Waals surface area contributed by atoms with Crippen molar-refractivity contribution < 1.29 is 9.90 Å². The molecule has 3 N–H and O–H groups in total. The van der Waals surface area contributed by atoms with Crippen LogP contribution in [0.15, 0.2) is 24.3 Å². The second kappa shape index (κ2) is 7.84. The van der Waals surface area contributed by atoms with E-state index in [0.29, 0.717) is 13.1 Å². The Balaban J connectivity index is 2.30. The van der Waals surface area contributed by atoms with Crippen LogP contribution in [-0.2, 0) is 17.9 Å². The molecule has 4 nitrogen and oxygen atoms in total. The molecule has 0 aliphatic heterocycles. The van der Waals surface area contributed by atoms with E-state index in [-0.39, 0.29) is 18.6 Å². The van der Waals surface area contributed by atoms with Crippen LogP contribution in [0.25, 0.3) is 0 Å². The van der Waals surface area contributed by atoms with E-state index in [2.05, 4.69) is 10.6 Å². The van der Waals surface area contributed by atoms with E-state index in [4.69, 9.17) is 5.11 Å². The number of aliphatic hydroxyl groups excluding tert-OH is 1. The third kappa shape index (κ3) is 5.29. The molecule has 1 aromatic carbocycles. The van der Waals surface area contributed by atoms with Gasteiger partial charge in [0.25, 0.3) is 0 Å². The molecule has 1 amide bonds. The summed E-state index contributed by atoms with van der Waals surface area (Å²) in [6.45, 7) is 5.01. The van der Waals surface area contributed by atoms with Crippen molar-refractivity contribution in [3.05, 3.63) is 35.4 Å². The minimum Gasteiger partial charge on any atom is -0.392 e. The Morgan fingerprint density at radius 1 is 1.39 bits per heavy atom. The van der Waals surface area contributed by atoms with Gasteiger partial charge in [-0.1, -0.05) is 31.2 Å². The number of benzene rings is 1. The summed E-state index contributed by atoms with van der Waals surface area (Å²) >= 11 is 0. The Bertz CT molecular complexity index is 380.